The predicted octanol–water partition coefficient (Wildman–Crippen LogP) is 1.87. The van der Waals surface area contributed by atoms with E-state index in [-0.39, 0.29) is 12.5 Å². The van der Waals surface area contributed by atoms with Gasteiger partial charge in [-0.1, -0.05) is 38.8 Å². The quantitative estimate of drug-likeness (QED) is 0.697. The average Bonchev–Trinajstić information content (AvgIpc) is 3.10. The normalized spacial score (nSPS) is 10.7. The van der Waals surface area contributed by atoms with Crippen molar-refractivity contribution in [1.82, 2.24) is 25.1 Å². The van der Waals surface area contributed by atoms with Crippen molar-refractivity contribution < 1.29 is 9.59 Å². The fourth-order valence-electron chi connectivity index (χ4n) is 2.49. The highest BCUT2D eigenvalue weighted by Crippen LogP contribution is 2.14. The van der Waals surface area contributed by atoms with Gasteiger partial charge in [0.25, 0.3) is 0 Å². The van der Waals surface area contributed by atoms with Crippen molar-refractivity contribution in [1.29, 1.82) is 0 Å². The average molecular weight is 358 g/mol. The van der Waals surface area contributed by atoms with E-state index in [0.717, 1.165) is 38.8 Å². The van der Waals surface area contributed by atoms with E-state index in [4.69, 9.17) is 5.73 Å². The molecule has 8 nitrogen and oxygen atoms in total. The number of nitrogens with zero attached hydrogens (tertiary/aromatic N) is 5. The Balaban J connectivity index is 2.03. The fourth-order valence-corrected chi connectivity index (χ4v) is 2.49. The molecule has 1 aromatic heterocycles. The van der Waals surface area contributed by atoms with Crippen LogP contribution in [0.5, 0.6) is 0 Å². The van der Waals surface area contributed by atoms with E-state index in [1.165, 1.54) is 4.80 Å². The molecule has 1 aromatic carbocycles. The Labute approximate surface area is 153 Å². The Bertz CT molecular complexity index is 718. The lowest BCUT2D eigenvalue weighted by molar-refractivity contribution is -0.132. The van der Waals surface area contributed by atoms with Gasteiger partial charge >= 0.3 is 0 Å². The maximum Gasteiger partial charge on any atom is 0.248 e. The van der Waals surface area contributed by atoms with Gasteiger partial charge in [0.15, 0.2) is 0 Å². The van der Waals surface area contributed by atoms with Crippen molar-refractivity contribution in [3.05, 3.63) is 29.8 Å². The first kappa shape index (κ1) is 19.6. The number of amides is 2. The molecule has 0 aliphatic heterocycles. The van der Waals surface area contributed by atoms with E-state index in [1.807, 2.05) is 4.90 Å². The molecule has 140 valence electrons. The maximum atomic E-state index is 12.5. The Kier molecular flexibility index (Phi) is 7.25. The summed E-state index contributed by atoms with van der Waals surface area (Å²) in [4.78, 5) is 26.8. The highest BCUT2D eigenvalue weighted by molar-refractivity contribution is 5.93. The second-order valence-corrected chi connectivity index (χ2v) is 6.17. The number of rotatable bonds is 10. The van der Waals surface area contributed by atoms with Crippen LogP contribution in [0, 0.1) is 0 Å². The molecule has 2 N–H and O–H groups in total. The molecule has 0 bridgehead atoms. The van der Waals surface area contributed by atoms with E-state index in [2.05, 4.69) is 29.3 Å². The van der Waals surface area contributed by atoms with Crippen molar-refractivity contribution in [2.75, 3.05) is 13.1 Å². The molecular weight excluding hydrogens is 332 g/mol. The van der Waals surface area contributed by atoms with Crippen LogP contribution in [-0.4, -0.2) is 50.0 Å². The van der Waals surface area contributed by atoms with Crippen LogP contribution in [0.25, 0.3) is 11.4 Å². The first-order chi connectivity index (χ1) is 12.5. The Morgan fingerprint density at radius 1 is 1.08 bits per heavy atom. The number of hydrogen-bond donors (Lipinski definition) is 1. The fraction of sp³-hybridized carbons (Fsp3) is 0.500. The summed E-state index contributed by atoms with van der Waals surface area (Å²) in [5.74, 6) is -0.0829. The van der Waals surface area contributed by atoms with Gasteiger partial charge < -0.3 is 10.6 Å². The van der Waals surface area contributed by atoms with Crippen LogP contribution in [0.2, 0.25) is 0 Å². The number of primary amides is 1. The lowest BCUT2D eigenvalue weighted by atomic mass is 10.1. The predicted molar refractivity (Wildman–Crippen MR) is 98.2 cm³/mol. The molecule has 0 atom stereocenters. The first-order valence-corrected chi connectivity index (χ1v) is 9.01. The van der Waals surface area contributed by atoms with Crippen LogP contribution >= 0.6 is 0 Å². The van der Waals surface area contributed by atoms with Crippen LogP contribution in [0.4, 0.5) is 0 Å². The van der Waals surface area contributed by atoms with E-state index >= 15 is 0 Å². The van der Waals surface area contributed by atoms with Gasteiger partial charge in [0.2, 0.25) is 17.6 Å². The minimum Gasteiger partial charge on any atom is -0.366 e. The minimum absolute atomic E-state index is 0.0000682. The molecule has 0 unspecified atom stereocenters. The van der Waals surface area contributed by atoms with Gasteiger partial charge in [-0.2, -0.15) is 4.80 Å². The summed E-state index contributed by atoms with van der Waals surface area (Å²) in [6.45, 7) is 5.80. The summed E-state index contributed by atoms with van der Waals surface area (Å²) in [6.07, 6.45) is 4.06. The van der Waals surface area contributed by atoms with Gasteiger partial charge in [-0.3, -0.25) is 9.59 Å². The molecule has 2 rings (SSSR count). The van der Waals surface area contributed by atoms with Crippen LogP contribution < -0.4 is 5.73 Å². The second kappa shape index (κ2) is 9.65. The number of nitrogens with two attached hydrogens (primary N) is 1. The molecule has 2 amide bonds. The van der Waals surface area contributed by atoms with Crippen LogP contribution in [0.3, 0.4) is 0 Å². The van der Waals surface area contributed by atoms with Gasteiger partial charge in [-0.25, -0.2) is 0 Å². The van der Waals surface area contributed by atoms with Crippen LogP contribution in [0.15, 0.2) is 24.3 Å². The zero-order valence-corrected chi connectivity index (χ0v) is 15.4. The lowest BCUT2D eigenvalue weighted by Gasteiger charge is -2.21. The van der Waals surface area contributed by atoms with Crippen molar-refractivity contribution >= 4 is 11.8 Å². The summed E-state index contributed by atoms with van der Waals surface area (Å²) in [5.41, 5.74) is 6.36. The number of unbranched alkanes of at least 4 members (excludes halogenated alkanes) is 2. The first-order valence-electron chi connectivity index (χ1n) is 9.01. The molecule has 0 fully saturated rings. The third kappa shape index (κ3) is 5.37. The number of tetrazole rings is 1. The van der Waals surface area contributed by atoms with Gasteiger partial charge in [-0.15, -0.1) is 10.2 Å². The number of carbonyl (C=O) groups is 2. The van der Waals surface area contributed by atoms with Crippen LogP contribution in [0.1, 0.15) is 49.9 Å². The van der Waals surface area contributed by atoms with Gasteiger partial charge in [0, 0.05) is 24.2 Å². The van der Waals surface area contributed by atoms with Crippen molar-refractivity contribution in [2.45, 2.75) is 46.1 Å². The summed E-state index contributed by atoms with van der Waals surface area (Å²) >= 11 is 0. The molecule has 8 heteroatoms. The molecule has 0 aliphatic rings. The Morgan fingerprint density at radius 2 is 1.69 bits per heavy atom. The Hall–Kier alpha value is -2.77. The zero-order chi connectivity index (χ0) is 18.9. The van der Waals surface area contributed by atoms with Crippen molar-refractivity contribution in [3.63, 3.8) is 0 Å². The Morgan fingerprint density at radius 3 is 2.23 bits per heavy atom. The van der Waals surface area contributed by atoms with E-state index in [0.29, 0.717) is 17.0 Å². The number of carbonyl (C=O) groups excluding carboxylic acids is 2. The zero-order valence-electron chi connectivity index (χ0n) is 15.4. The largest absolute Gasteiger partial charge is 0.366 e. The van der Waals surface area contributed by atoms with Gasteiger partial charge in [-0.05, 0) is 30.2 Å². The molecule has 0 radical (unpaired) electrons. The third-order valence-electron chi connectivity index (χ3n) is 4.07. The van der Waals surface area contributed by atoms with Crippen LogP contribution in [-0.2, 0) is 11.3 Å². The molecule has 26 heavy (non-hydrogen) atoms. The topological polar surface area (TPSA) is 107 Å². The molecule has 0 saturated heterocycles. The van der Waals surface area contributed by atoms with Crippen molar-refractivity contribution in [2.24, 2.45) is 5.73 Å². The molecule has 2 aromatic rings. The van der Waals surface area contributed by atoms with Crippen molar-refractivity contribution in [3.8, 4) is 11.4 Å². The SMILES string of the molecule is CCCCN(CCCC)C(=O)Cn1nnc(-c2ccc(C(N)=O)cc2)n1. The minimum atomic E-state index is -0.488. The third-order valence-corrected chi connectivity index (χ3v) is 4.07. The lowest BCUT2D eigenvalue weighted by Crippen LogP contribution is -2.36. The standard InChI is InChI=1S/C18H26N6O2/c1-3-5-11-23(12-6-4-2)16(25)13-24-21-18(20-22-24)15-9-7-14(8-10-15)17(19)26/h7-10H,3-6,11-13H2,1-2H3,(H2,19,26). The highest BCUT2D eigenvalue weighted by Gasteiger charge is 2.15. The second-order valence-electron chi connectivity index (χ2n) is 6.17. The van der Waals surface area contributed by atoms with E-state index in [9.17, 15) is 9.59 Å². The summed E-state index contributed by atoms with van der Waals surface area (Å²) in [7, 11) is 0. The highest BCUT2D eigenvalue weighted by atomic mass is 16.2. The molecule has 0 spiro atoms. The monoisotopic (exact) mass is 358 g/mol. The summed E-state index contributed by atoms with van der Waals surface area (Å²) in [5, 5.41) is 12.2. The number of aromatic nitrogens is 4. The van der Waals surface area contributed by atoms with Gasteiger partial charge in [0.1, 0.15) is 6.54 Å². The summed E-state index contributed by atoms with van der Waals surface area (Å²) < 4.78 is 0. The summed E-state index contributed by atoms with van der Waals surface area (Å²) in [6, 6.07) is 6.64. The number of benzene rings is 1. The molecule has 0 saturated carbocycles. The number of hydrogen-bond acceptors (Lipinski definition) is 5. The molecular formula is C18H26N6O2. The smallest absolute Gasteiger partial charge is 0.248 e. The molecule has 0 aliphatic carbocycles. The van der Waals surface area contributed by atoms with Gasteiger partial charge in [0.05, 0.1) is 0 Å². The molecule has 1 heterocycles. The van der Waals surface area contributed by atoms with E-state index in [1.54, 1.807) is 24.3 Å². The van der Waals surface area contributed by atoms with E-state index < -0.39 is 5.91 Å². The maximum absolute atomic E-state index is 12.5.